The van der Waals surface area contributed by atoms with Crippen LogP contribution in [0.4, 0.5) is 0 Å². The molecule has 1 unspecified atom stereocenters. The van der Waals surface area contributed by atoms with E-state index in [0.29, 0.717) is 24.1 Å². The van der Waals surface area contributed by atoms with Gasteiger partial charge in [-0.1, -0.05) is 12.1 Å². The fourth-order valence-electron chi connectivity index (χ4n) is 2.58. The molecule has 1 amide bonds. The van der Waals surface area contributed by atoms with Gasteiger partial charge in [-0.25, -0.2) is 0 Å². The predicted molar refractivity (Wildman–Crippen MR) is 77.4 cm³/mol. The predicted octanol–water partition coefficient (Wildman–Crippen LogP) is 2.27. The number of carbonyl (C=O) groups is 2. The van der Waals surface area contributed by atoms with E-state index in [-0.39, 0.29) is 17.8 Å². The van der Waals surface area contributed by atoms with Gasteiger partial charge in [0.05, 0.1) is 11.7 Å². The van der Waals surface area contributed by atoms with E-state index in [1.165, 1.54) is 0 Å². The van der Waals surface area contributed by atoms with Gasteiger partial charge in [0.1, 0.15) is 0 Å². The van der Waals surface area contributed by atoms with E-state index in [1.54, 1.807) is 30.0 Å². The van der Waals surface area contributed by atoms with Crippen LogP contribution < -0.4 is 5.32 Å². The SMILES string of the molecule is O=C1CCSc2c1cccc2C(=O)NCC1CCCO1. The molecule has 0 spiro atoms. The van der Waals surface area contributed by atoms with Gasteiger partial charge >= 0.3 is 0 Å². The molecule has 1 aromatic rings. The zero-order chi connectivity index (χ0) is 13.9. The molecule has 1 aromatic carbocycles. The number of ether oxygens (including phenoxy) is 1. The van der Waals surface area contributed by atoms with Crippen LogP contribution in [0.15, 0.2) is 23.1 Å². The summed E-state index contributed by atoms with van der Waals surface area (Å²) in [5.74, 6) is 0.772. The van der Waals surface area contributed by atoms with Gasteiger partial charge in [-0.3, -0.25) is 9.59 Å². The average Bonchev–Trinajstić information content (AvgIpc) is 2.98. The smallest absolute Gasteiger partial charge is 0.252 e. The minimum atomic E-state index is -0.112. The Kier molecular flexibility index (Phi) is 4.08. The summed E-state index contributed by atoms with van der Waals surface area (Å²) >= 11 is 1.59. The number of thioether (sulfide) groups is 1. The van der Waals surface area contributed by atoms with Crippen molar-refractivity contribution in [1.29, 1.82) is 0 Å². The maximum atomic E-state index is 12.3. The molecule has 20 heavy (non-hydrogen) atoms. The molecule has 5 heteroatoms. The number of ketones is 1. The van der Waals surface area contributed by atoms with Crippen molar-refractivity contribution >= 4 is 23.5 Å². The van der Waals surface area contributed by atoms with Crippen LogP contribution in [-0.4, -0.2) is 36.7 Å². The number of Topliss-reactive ketones (excluding diaryl/α,β-unsaturated/α-hetero) is 1. The van der Waals surface area contributed by atoms with Crippen LogP contribution in [-0.2, 0) is 4.74 Å². The van der Waals surface area contributed by atoms with Crippen LogP contribution in [0.25, 0.3) is 0 Å². The zero-order valence-corrected chi connectivity index (χ0v) is 12.0. The third kappa shape index (κ3) is 2.74. The van der Waals surface area contributed by atoms with Crippen molar-refractivity contribution in [3.63, 3.8) is 0 Å². The van der Waals surface area contributed by atoms with E-state index >= 15 is 0 Å². The lowest BCUT2D eigenvalue weighted by Crippen LogP contribution is -2.32. The van der Waals surface area contributed by atoms with Gasteiger partial charge in [0.25, 0.3) is 5.91 Å². The summed E-state index contributed by atoms with van der Waals surface area (Å²) in [5, 5.41) is 2.92. The molecule has 2 aliphatic heterocycles. The van der Waals surface area contributed by atoms with E-state index in [2.05, 4.69) is 5.32 Å². The number of fused-ring (bicyclic) bond motifs is 1. The van der Waals surface area contributed by atoms with E-state index in [1.807, 2.05) is 0 Å². The highest BCUT2D eigenvalue weighted by Gasteiger charge is 2.24. The molecular formula is C15H17NO3S. The normalized spacial score (nSPS) is 21.6. The molecule has 4 nitrogen and oxygen atoms in total. The van der Waals surface area contributed by atoms with Crippen LogP contribution in [0.5, 0.6) is 0 Å². The zero-order valence-electron chi connectivity index (χ0n) is 11.2. The Balaban J connectivity index is 1.74. The molecule has 0 bridgehead atoms. The van der Waals surface area contributed by atoms with Crippen molar-refractivity contribution < 1.29 is 14.3 Å². The fourth-order valence-corrected chi connectivity index (χ4v) is 3.72. The van der Waals surface area contributed by atoms with Crippen LogP contribution in [0.3, 0.4) is 0 Å². The molecule has 0 radical (unpaired) electrons. The van der Waals surface area contributed by atoms with Crippen LogP contribution in [0, 0.1) is 0 Å². The number of hydrogen-bond acceptors (Lipinski definition) is 4. The number of hydrogen-bond donors (Lipinski definition) is 1. The van der Waals surface area contributed by atoms with Gasteiger partial charge in [-0.2, -0.15) is 0 Å². The Morgan fingerprint density at radius 1 is 1.45 bits per heavy atom. The molecule has 0 aliphatic carbocycles. The molecule has 0 saturated carbocycles. The summed E-state index contributed by atoms with van der Waals surface area (Å²) in [7, 11) is 0. The van der Waals surface area contributed by atoms with Gasteiger partial charge in [-0.15, -0.1) is 11.8 Å². The molecule has 1 saturated heterocycles. The van der Waals surface area contributed by atoms with Crippen molar-refractivity contribution in [2.24, 2.45) is 0 Å². The van der Waals surface area contributed by atoms with Gasteiger partial charge < -0.3 is 10.1 Å². The minimum Gasteiger partial charge on any atom is -0.376 e. The number of carbonyl (C=O) groups excluding carboxylic acids is 2. The Bertz CT molecular complexity index is 538. The maximum Gasteiger partial charge on any atom is 0.252 e. The topological polar surface area (TPSA) is 55.4 Å². The molecule has 106 valence electrons. The standard InChI is InChI=1S/C15H17NO3S/c17-13-6-8-20-14-11(13)4-1-5-12(14)15(18)16-9-10-3-2-7-19-10/h1,4-5,10H,2-3,6-9H2,(H,16,18). The minimum absolute atomic E-state index is 0.112. The molecular weight excluding hydrogens is 274 g/mol. The summed E-state index contributed by atoms with van der Waals surface area (Å²) in [6, 6.07) is 5.37. The first kappa shape index (κ1) is 13.6. The van der Waals surface area contributed by atoms with Crippen molar-refractivity contribution in [3.8, 4) is 0 Å². The summed E-state index contributed by atoms with van der Waals surface area (Å²) in [5.41, 5.74) is 1.30. The first-order chi connectivity index (χ1) is 9.75. The first-order valence-corrected chi connectivity index (χ1v) is 7.93. The monoisotopic (exact) mass is 291 g/mol. The Hall–Kier alpha value is -1.33. The van der Waals surface area contributed by atoms with E-state index in [0.717, 1.165) is 30.1 Å². The van der Waals surface area contributed by atoms with Crippen molar-refractivity contribution in [3.05, 3.63) is 29.3 Å². The van der Waals surface area contributed by atoms with E-state index in [9.17, 15) is 9.59 Å². The highest BCUT2D eigenvalue weighted by Crippen LogP contribution is 2.32. The third-order valence-corrected chi connectivity index (χ3v) is 4.79. The number of amides is 1. The Morgan fingerprint density at radius 3 is 3.15 bits per heavy atom. The summed E-state index contributed by atoms with van der Waals surface area (Å²) < 4.78 is 5.49. The summed E-state index contributed by atoms with van der Waals surface area (Å²) in [4.78, 5) is 25.0. The second kappa shape index (κ2) is 5.97. The van der Waals surface area contributed by atoms with Crippen LogP contribution in [0.2, 0.25) is 0 Å². The lowest BCUT2D eigenvalue weighted by molar-refractivity contribution is 0.0855. The van der Waals surface area contributed by atoms with Crippen molar-refractivity contribution in [1.82, 2.24) is 5.32 Å². The second-order valence-corrected chi connectivity index (χ2v) is 6.15. The largest absolute Gasteiger partial charge is 0.376 e. The van der Waals surface area contributed by atoms with Crippen molar-refractivity contribution in [2.45, 2.75) is 30.3 Å². The summed E-state index contributed by atoms with van der Waals surface area (Å²) in [6.07, 6.45) is 2.75. The molecule has 1 atom stereocenters. The number of nitrogens with one attached hydrogen (secondary N) is 1. The van der Waals surface area contributed by atoms with E-state index < -0.39 is 0 Å². The van der Waals surface area contributed by atoms with Gasteiger partial charge in [-0.05, 0) is 18.9 Å². The highest BCUT2D eigenvalue weighted by atomic mass is 32.2. The lowest BCUT2D eigenvalue weighted by Gasteiger charge is -2.18. The molecule has 1 fully saturated rings. The number of rotatable bonds is 3. The van der Waals surface area contributed by atoms with Crippen molar-refractivity contribution in [2.75, 3.05) is 18.9 Å². The van der Waals surface area contributed by atoms with Gasteiger partial charge in [0.2, 0.25) is 0 Å². The summed E-state index contributed by atoms with van der Waals surface area (Å²) in [6.45, 7) is 1.33. The molecule has 1 N–H and O–H groups in total. The second-order valence-electron chi connectivity index (χ2n) is 5.05. The van der Waals surface area contributed by atoms with Gasteiger partial charge in [0, 0.05) is 35.8 Å². The fraction of sp³-hybridized carbons (Fsp3) is 0.467. The highest BCUT2D eigenvalue weighted by molar-refractivity contribution is 7.99. The molecule has 2 aliphatic rings. The molecule has 2 heterocycles. The Labute approximate surface area is 122 Å². The maximum absolute atomic E-state index is 12.3. The first-order valence-electron chi connectivity index (χ1n) is 6.94. The quantitative estimate of drug-likeness (QED) is 0.928. The third-order valence-electron chi connectivity index (χ3n) is 3.65. The average molecular weight is 291 g/mol. The lowest BCUT2D eigenvalue weighted by atomic mass is 10.0. The molecule has 0 aromatic heterocycles. The van der Waals surface area contributed by atoms with Gasteiger partial charge in [0.15, 0.2) is 5.78 Å². The molecule has 3 rings (SSSR count). The van der Waals surface area contributed by atoms with Crippen LogP contribution in [0.1, 0.15) is 40.0 Å². The van der Waals surface area contributed by atoms with E-state index in [4.69, 9.17) is 4.74 Å². The number of benzene rings is 1. The van der Waals surface area contributed by atoms with Crippen LogP contribution >= 0.6 is 11.8 Å². The Morgan fingerprint density at radius 2 is 2.35 bits per heavy atom.